The highest BCUT2D eigenvalue weighted by Crippen LogP contribution is 2.34. The number of para-hydroxylation sites is 1. The molecule has 3 aromatic rings. The molecule has 0 atom stereocenters. The highest BCUT2D eigenvalue weighted by molar-refractivity contribution is 7.99. The van der Waals surface area contributed by atoms with Crippen molar-refractivity contribution >= 4 is 23.4 Å². The summed E-state index contributed by atoms with van der Waals surface area (Å²) in [5, 5.41) is 21.1. The summed E-state index contributed by atoms with van der Waals surface area (Å²) in [5.41, 5.74) is 0.406. The Labute approximate surface area is 163 Å². The second kappa shape index (κ2) is 8.48. The maximum absolute atomic E-state index is 12.1. The Morgan fingerprint density at radius 3 is 2.64 bits per heavy atom. The molecule has 3 rings (SSSR count). The molecule has 0 unspecified atom stereocenters. The summed E-state index contributed by atoms with van der Waals surface area (Å²) >= 11 is 1.07. The normalized spacial score (nSPS) is 10.5. The highest BCUT2D eigenvalue weighted by Gasteiger charge is 2.27. The van der Waals surface area contributed by atoms with Crippen LogP contribution in [0.25, 0.3) is 0 Å². The van der Waals surface area contributed by atoms with E-state index in [4.69, 9.17) is 9.57 Å². The molecule has 11 heteroatoms. The molecule has 2 aromatic carbocycles. The van der Waals surface area contributed by atoms with E-state index in [0.29, 0.717) is 21.4 Å². The van der Waals surface area contributed by atoms with Gasteiger partial charge in [0.25, 0.3) is 4.92 Å². The monoisotopic (exact) mass is 402 g/mol. The van der Waals surface area contributed by atoms with Crippen LogP contribution in [-0.4, -0.2) is 43.3 Å². The molecule has 10 nitrogen and oxygen atoms in total. The Kier molecular flexibility index (Phi) is 5.84. The number of nitrogens with zero attached hydrogens (tertiary/aromatic N) is 5. The van der Waals surface area contributed by atoms with Crippen molar-refractivity contribution < 1.29 is 24.4 Å². The van der Waals surface area contributed by atoms with Gasteiger partial charge in [-0.1, -0.05) is 18.2 Å². The summed E-state index contributed by atoms with van der Waals surface area (Å²) in [7, 11) is 2.84. The molecule has 28 heavy (non-hydrogen) atoms. The lowest BCUT2D eigenvalue weighted by molar-refractivity contribution is -0.737. The summed E-state index contributed by atoms with van der Waals surface area (Å²) in [6, 6.07) is 11.9. The number of hydrogen-bond acceptors (Lipinski definition) is 8. The van der Waals surface area contributed by atoms with Crippen molar-refractivity contribution in [2.45, 2.75) is 16.7 Å². The van der Waals surface area contributed by atoms with Gasteiger partial charge < -0.3 is 9.84 Å². The van der Waals surface area contributed by atoms with Gasteiger partial charge in [0.15, 0.2) is 7.11 Å². The number of aromatic carboxylic acids is 1. The van der Waals surface area contributed by atoms with Crippen LogP contribution in [0.3, 0.4) is 0 Å². The predicted molar refractivity (Wildman–Crippen MR) is 97.4 cm³/mol. The zero-order valence-electron chi connectivity index (χ0n) is 15.0. The lowest BCUT2D eigenvalue weighted by Crippen LogP contribution is -2.09. The number of carboxylic acids is 1. The molecule has 0 spiro atoms. The molecule has 0 radical (unpaired) electrons. The molecule has 0 aliphatic heterocycles. The van der Waals surface area contributed by atoms with E-state index in [2.05, 4.69) is 15.5 Å². The third kappa shape index (κ3) is 4.26. The van der Waals surface area contributed by atoms with E-state index in [-0.39, 0.29) is 22.8 Å². The van der Waals surface area contributed by atoms with Crippen LogP contribution in [0.15, 0.2) is 52.5 Å². The maximum atomic E-state index is 12.1. The number of benzene rings is 2. The number of carboxylic acid groups (broad SMARTS) is 1. The van der Waals surface area contributed by atoms with Gasteiger partial charge in [-0.25, -0.2) is 14.3 Å². The summed E-state index contributed by atoms with van der Waals surface area (Å²) in [6.45, 7) is 0.0337. The first-order valence-electron chi connectivity index (χ1n) is 7.99. The average Bonchev–Trinajstić information content (AvgIpc) is 3.10. The van der Waals surface area contributed by atoms with E-state index in [0.717, 1.165) is 11.8 Å². The van der Waals surface area contributed by atoms with Crippen LogP contribution < -0.4 is 4.74 Å². The molecule has 1 N–H and O–H groups in total. The second-order valence-corrected chi connectivity index (χ2v) is 6.52. The van der Waals surface area contributed by atoms with Gasteiger partial charge in [-0.2, -0.15) is 0 Å². The Hall–Kier alpha value is -3.47. The second-order valence-electron chi connectivity index (χ2n) is 5.51. The van der Waals surface area contributed by atoms with E-state index >= 15 is 0 Å². The summed E-state index contributed by atoms with van der Waals surface area (Å²) < 4.78 is 7.13. The van der Waals surface area contributed by atoms with Gasteiger partial charge in [0.05, 0.1) is 16.0 Å². The van der Waals surface area contributed by atoms with Crippen molar-refractivity contribution in [3.05, 3.63) is 58.5 Å². The first-order valence-corrected chi connectivity index (χ1v) is 8.81. The van der Waals surface area contributed by atoms with Gasteiger partial charge >= 0.3 is 11.7 Å². The van der Waals surface area contributed by atoms with E-state index in [1.54, 1.807) is 25.2 Å². The van der Waals surface area contributed by atoms with Crippen LogP contribution in [0, 0.1) is 4.91 Å². The van der Waals surface area contributed by atoms with E-state index < -0.39 is 5.97 Å². The minimum atomic E-state index is -1.20. The highest BCUT2D eigenvalue weighted by atomic mass is 32.2. The van der Waals surface area contributed by atoms with Crippen molar-refractivity contribution in [1.29, 1.82) is 0 Å². The molecular formula is C17H16N5O5S+. The third-order valence-electron chi connectivity index (χ3n) is 3.69. The Morgan fingerprint density at radius 2 is 2.04 bits per heavy atom. The van der Waals surface area contributed by atoms with Gasteiger partial charge in [0.1, 0.15) is 12.4 Å². The standard InChI is InChI=1S/C17H15N5O5S/c1-21-17(18-19-20-21)28-15-8-11(10-27-12-6-4-3-5-7-12)14(22(25)26-2)9-13(15)16(23)24/h3-9H,10H2,1-2H3/p+1. The molecule has 1 aromatic heterocycles. The fourth-order valence-corrected chi connectivity index (χ4v) is 3.23. The average molecular weight is 402 g/mol. The first kappa shape index (κ1) is 19.3. The van der Waals surface area contributed by atoms with Gasteiger partial charge in [-0.05, 0) is 40.4 Å². The number of rotatable bonds is 8. The zero-order chi connectivity index (χ0) is 20.1. The molecule has 0 bridgehead atoms. The number of aromatic nitrogens is 4. The van der Waals surface area contributed by atoms with Crippen LogP contribution in [0.1, 0.15) is 15.9 Å². The third-order valence-corrected chi connectivity index (χ3v) is 4.78. The van der Waals surface area contributed by atoms with Gasteiger partial charge in [-0.3, -0.25) is 0 Å². The maximum Gasteiger partial charge on any atom is 0.337 e. The minimum absolute atomic E-state index is 0.0337. The van der Waals surface area contributed by atoms with Gasteiger partial charge in [-0.15, -0.1) is 5.10 Å². The van der Waals surface area contributed by atoms with Crippen molar-refractivity contribution in [2.24, 2.45) is 7.05 Å². The molecule has 144 valence electrons. The Balaban J connectivity index is 2.01. The lowest BCUT2D eigenvalue weighted by Gasteiger charge is -2.10. The number of carbonyl (C=O) groups is 1. The molecule has 0 saturated heterocycles. The SMILES string of the molecule is CO[N+](=O)c1cc(C(=O)O)c(Sc2nnnn2C)cc1COc1ccccc1. The molecule has 0 fully saturated rings. The van der Waals surface area contributed by atoms with Crippen molar-refractivity contribution in [1.82, 2.24) is 20.2 Å². The van der Waals surface area contributed by atoms with Crippen molar-refractivity contribution in [3.63, 3.8) is 0 Å². The number of ether oxygens (including phenoxy) is 1. The number of tetrazole rings is 1. The number of aryl methyl sites for hydroxylation is 1. The van der Waals surface area contributed by atoms with E-state index in [9.17, 15) is 14.8 Å². The summed E-state index contributed by atoms with van der Waals surface area (Å²) in [6.07, 6.45) is 0. The van der Waals surface area contributed by atoms with Gasteiger partial charge in [0.2, 0.25) is 5.16 Å². The first-order chi connectivity index (χ1) is 13.5. The lowest BCUT2D eigenvalue weighted by atomic mass is 10.1. The van der Waals surface area contributed by atoms with E-state index in [1.165, 1.54) is 17.9 Å². The fourth-order valence-electron chi connectivity index (χ4n) is 2.33. The Morgan fingerprint density at radius 1 is 1.29 bits per heavy atom. The predicted octanol–water partition coefficient (Wildman–Crippen LogP) is 2.61. The molecule has 0 amide bonds. The van der Waals surface area contributed by atoms with Crippen molar-refractivity contribution in [2.75, 3.05) is 7.11 Å². The zero-order valence-corrected chi connectivity index (χ0v) is 15.8. The number of hydrogen-bond donors (Lipinski definition) is 1. The molecule has 0 aliphatic carbocycles. The van der Waals surface area contributed by atoms with Crippen LogP contribution in [0.2, 0.25) is 0 Å². The fraction of sp³-hybridized carbons (Fsp3) is 0.176. The topological polar surface area (TPSA) is 119 Å². The molecule has 0 aliphatic rings. The Bertz CT molecular complexity index is 1010. The van der Waals surface area contributed by atoms with Crippen LogP contribution >= 0.6 is 11.8 Å². The summed E-state index contributed by atoms with van der Waals surface area (Å²) in [4.78, 5) is 29.2. The van der Waals surface area contributed by atoms with Crippen LogP contribution in [-0.2, 0) is 18.5 Å². The molecule has 0 saturated carbocycles. The van der Waals surface area contributed by atoms with Gasteiger partial charge in [0, 0.05) is 18.0 Å². The van der Waals surface area contributed by atoms with Crippen LogP contribution in [0.5, 0.6) is 5.75 Å². The summed E-state index contributed by atoms with van der Waals surface area (Å²) in [5.74, 6) is -0.587. The molecule has 1 heterocycles. The van der Waals surface area contributed by atoms with Crippen LogP contribution in [0.4, 0.5) is 5.69 Å². The van der Waals surface area contributed by atoms with Crippen molar-refractivity contribution in [3.8, 4) is 5.75 Å². The minimum Gasteiger partial charge on any atom is -0.489 e. The quantitative estimate of drug-likeness (QED) is 0.567. The van der Waals surface area contributed by atoms with E-state index in [1.807, 2.05) is 18.2 Å². The smallest absolute Gasteiger partial charge is 0.337 e. The largest absolute Gasteiger partial charge is 0.489 e. The molecular weight excluding hydrogens is 386 g/mol.